The zero-order valence-electron chi connectivity index (χ0n) is 12.6. The van der Waals surface area contributed by atoms with E-state index in [1.165, 1.54) is 4.90 Å². The number of aliphatic hydroxyl groups is 1. The number of carbonyl (C=O) groups excluding carboxylic acids is 1. The molecule has 0 aliphatic carbocycles. The van der Waals surface area contributed by atoms with Crippen molar-refractivity contribution in [3.8, 4) is 0 Å². The second-order valence-electron chi connectivity index (χ2n) is 6.22. The van der Waals surface area contributed by atoms with Crippen molar-refractivity contribution >= 4 is 6.09 Å². The fourth-order valence-electron chi connectivity index (χ4n) is 2.26. The number of hydrogen-bond acceptors (Lipinski definition) is 5. The Kier molecular flexibility index (Phi) is 3.73. The molecule has 1 fully saturated rings. The van der Waals surface area contributed by atoms with Gasteiger partial charge < -0.3 is 19.3 Å². The molecule has 1 aliphatic rings. The number of aryl methyl sites for hydroxylation is 1. The Hall–Kier alpha value is -1.63. The third-order valence-electron chi connectivity index (χ3n) is 3.40. The lowest BCUT2D eigenvalue weighted by atomic mass is 10.1. The fraction of sp³-hybridized carbons (Fsp3) is 0.769. The minimum absolute atomic E-state index is 0.228. The summed E-state index contributed by atoms with van der Waals surface area (Å²) in [6.07, 6.45) is -1.05. The van der Waals surface area contributed by atoms with Crippen LogP contribution in [0.2, 0.25) is 0 Å². The Balaban J connectivity index is 2.09. The van der Waals surface area contributed by atoms with E-state index >= 15 is 0 Å². The van der Waals surface area contributed by atoms with Crippen LogP contribution in [0.1, 0.15) is 38.3 Å². The summed E-state index contributed by atoms with van der Waals surface area (Å²) >= 11 is 0. The van der Waals surface area contributed by atoms with E-state index in [0.29, 0.717) is 12.4 Å². The minimum Gasteiger partial charge on any atom is -0.444 e. The van der Waals surface area contributed by atoms with Crippen LogP contribution in [0, 0.1) is 6.92 Å². The molecule has 1 aromatic heterocycles. The lowest BCUT2D eigenvalue weighted by Gasteiger charge is -2.24. The smallest absolute Gasteiger partial charge is 0.410 e. The number of rotatable bonds is 1. The first-order chi connectivity index (χ1) is 9.19. The number of hydrogen-bond donors (Lipinski definition) is 1. The van der Waals surface area contributed by atoms with Gasteiger partial charge >= 0.3 is 6.09 Å². The van der Waals surface area contributed by atoms with E-state index in [1.807, 2.05) is 39.3 Å². The molecule has 1 N–H and O–H groups in total. The van der Waals surface area contributed by atoms with E-state index in [9.17, 15) is 9.90 Å². The van der Waals surface area contributed by atoms with Crippen molar-refractivity contribution in [1.29, 1.82) is 0 Å². The molecule has 7 nitrogen and oxygen atoms in total. The highest BCUT2D eigenvalue weighted by molar-refractivity contribution is 5.68. The second-order valence-corrected chi connectivity index (χ2v) is 6.22. The fourth-order valence-corrected chi connectivity index (χ4v) is 2.26. The van der Waals surface area contributed by atoms with Crippen LogP contribution in [-0.4, -0.2) is 55.7 Å². The van der Waals surface area contributed by atoms with Gasteiger partial charge in [0.1, 0.15) is 17.2 Å². The van der Waals surface area contributed by atoms with E-state index in [0.717, 1.165) is 5.82 Å². The predicted molar refractivity (Wildman–Crippen MR) is 72.3 cm³/mol. The van der Waals surface area contributed by atoms with E-state index in [2.05, 4.69) is 10.2 Å². The van der Waals surface area contributed by atoms with E-state index < -0.39 is 17.8 Å². The van der Waals surface area contributed by atoms with Gasteiger partial charge in [-0.25, -0.2) is 4.79 Å². The molecule has 112 valence electrons. The van der Waals surface area contributed by atoms with Crippen LogP contribution in [-0.2, 0) is 11.8 Å². The third kappa shape index (κ3) is 2.92. The maximum atomic E-state index is 12.0. The van der Waals surface area contributed by atoms with Gasteiger partial charge in [-0.15, -0.1) is 10.2 Å². The molecule has 0 spiro atoms. The molecule has 1 amide bonds. The Labute approximate surface area is 118 Å². The molecule has 2 heterocycles. The molecule has 0 bridgehead atoms. The third-order valence-corrected chi connectivity index (χ3v) is 3.40. The van der Waals surface area contributed by atoms with Gasteiger partial charge in [0.25, 0.3) is 0 Å². The number of aliphatic hydroxyl groups excluding tert-OH is 1. The number of ether oxygens (including phenoxy) is 1. The zero-order valence-corrected chi connectivity index (χ0v) is 12.6. The van der Waals surface area contributed by atoms with Gasteiger partial charge in [-0.05, 0) is 27.7 Å². The van der Waals surface area contributed by atoms with Crippen molar-refractivity contribution in [1.82, 2.24) is 19.7 Å². The Morgan fingerprint density at radius 3 is 2.50 bits per heavy atom. The Morgan fingerprint density at radius 2 is 2.00 bits per heavy atom. The first-order valence-corrected chi connectivity index (χ1v) is 6.71. The number of aromatic nitrogens is 3. The average Bonchev–Trinajstić information content (AvgIpc) is 2.82. The van der Waals surface area contributed by atoms with Crippen molar-refractivity contribution in [3.63, 3.8) is 0 Å². The van der Waals surface area contributed by atoms with Crippen molar-refractivity contribution in [2.75, 3.05) is 13.1 Å². The van der Waals surface area contributed by atoms with Gasteiger partial charge in [0.2, 0.25) is 0 Å². The van der Waals surface area contributed by atoms with Crippen LogP contribution in [0.5, 0.6) is 0 Å². The SMILES string of the molecule is Cc1nnc([C@@H]2CN(C(=O)OC(C)(C)C)C[C@H]2O)n1C. The molecule has 1 aromatic rings. The summed E-state index contributed by atoms with van der Waals surface area (Å²) in [7, 11) is 1.85. The molecular formula is C13H22N4O3. The molecule has 20 heavy (non-hydrogen) atoms. The quantitative estimate of drug-likeness (QED) is 0.824. The number of β-amino-alcohol motifs (C(OH)–C–C–N with tert-alkyl or cyclic N) is 1. The van der Waals surface area contributed by atoms with Crippen LogP contribution >= 0.6 is 0 Å². The van der Waals surface area contributed by atoms with Crippen LogP contribution in [0.3, 0.4) is 0 Å². The topological polar surface area (TPSA) is 80.5 Å². The van der Waals surface area contributed by atoms with Crippen molar-refractivity contribution in [3.05, 3.63) is 11.6 Å². The van der Waals surface area contributed by atoms with Gasteiger partial charge in [-0.3, -0.25) is 0 Å². The number of nitrogens with zero attached hydrogens (tertiary/aromatic N) is 4. The molecule has 0 aromatic carbocycles. The largest absolute Gasteiger partial charge is 0.444 e. The number of likely N-dealkylation sites (tertiary alicyclic amines) is 1. The molecule has 0 saturated carbocycles. The van der Waals surface area contributed by atoms with Crippen LogP contribution in [0.4, 0.5) is 4.79 Å². The molecule has 0 unspecified atom stereocenters. The van der Waals surface area contributed by atoms with Crippen molar-refractivity contribution in [2.45, 2.75) is 45.3 Å². The molecule has 2 atom stereocenters. The summed E-state index contributed by atoms with van der Waals surface area (Å²) in [6, 6.07) is 0. The highest BCUT2D eigenvalue weighted by Crippen LogP contribution is 2.27. The maximum Gasteiger partial charge on any atom is 0.410 e. The average molecular weight is 282 g/mol. The van der Waals surface area contributed by atoms with Gasteiger partial charge in [-0.1, -0.05) is 0 Å². The number of amides is 1. The summed E-state index contributed by atoms with van der Waals surface area (Å²) in [5, 5.41) is 18.2. The van der Waals surface area contributed by atoms with Crippen molar-refractivity contribution < 1.29 is 14.6 Å². The molecule has 7 heteroatoms. The normalized spacial score (nSPS) is 23.2. The summed E-state index contributed by atoms with van der Waals surface area (Å²) < 4.78 is 7.16. The van der Waals surface area contributed by atoms with E-state index in [-0.39, 0.29) is 12.5 Å². The summed E-state index contributed by atoms with van der Waals surface area (Å²) in [5.74, 6) is 1.25. The molecule has 2 rings (SSSR count). The lowest BCUT2D eigenvalue weighted by Crippen LogP contribution is -2.35. The maximum absolute atomic E-state index is 12.0. The zero-order chi connectivity index (χ0) is 15.1. The molecule has 1 saturated heterocycles. The minimum atomic E-state index is -0.648. The monoisotopic (exact) mass is 282 g/mol. The van der Waals surface area contributed by atoms with Crippen LogP contribution < -0.4 is 0 Å². The highest BCUT2D eigenvalue weighted by Gasteiger charge is 2.39. The highest BCUT2D eigenvalue weighted by atomic mass is 16.6. The Morgan fingerprint density at radius 1 is 1.35 bits per heavy atom. The molecule has 0 radical (unpaired) electrons. The molecular weight excluding hydrogens is 260 g/mol. The van der Waals surface area contributed by atoms with Crippen molar-refractivity contribution in [2.24, 2.45) is 7.05 Å². The second kappa shape index (κ2) is 5.05. The first kappa shape index (κ1) is 14.8. The number of carbonyl (C=O) groups is 1. The van der Waals surface area contributed by atoms with E-state index in [4.69, 9.17) is 4.74 Å². The summed E-state index contributed by atoms with van der Waals surface area (Å²) in [4.78, 5) is 13.5. The summed E-state index contributed by atoms with van der Waals surface area (Å²) in [6.45, 7) is 7.96. The molecule has 1 aliphatic heterocycles. The van der Waals surface area contributed by atoms with Gasteiger partial charge in [0.15, 0.2) is 0 Å². The predicted octanol–water partition coefficient (Wildman–Crippen LogP) is 0.819. The van der Waals surface area contributed by atoms with Gasteiger partial charge in [-0.2, -0.15) is 0 Å². The summed E-state index contributed by atoms with van der Waals surface area (Å²) in [5.41, 5.74) is -0.540. The van der Waals surface area contributed by atoms with Crippen LogP contribution in [0.15, 0.2) is 0 Å². The standard InChI is InChI=1S/C13H22N4O3/c1-8-14-15-11(16(8)5)9-6-17(7-10(9)18)12(19)20-13(2,3)4/h9-10,18H,6-7H2,1-5H3/t9-,10-/m1/s1. The van der Waals surface area contributed by atoms with Gasteiger partial charge in [0.05, 0.1) is 18.6 Å². The van der Waals surface area contributed by atoms with Crippen LogP contribution in [0.25, 0.3) is 0 Å². The lowest BCUT2D eigenvalue weighted by molar-refractivity contribution is 0.0270. The first-order valence-electron chi connectivity index (χ1n) is 6.71. The van der Waals surface area contributed by atoms with Gasteiger partial charge in [0, 0.05) is 13.6 Å². The van der Waals surface area contributed by atoms with E-state index in [1.54, 1.807) is 0 Å². The Bertz CT molecular complexity index is 506.